The van der Waals surface area contributed by atoms with E-state index in [-0.39, 0.29) is 0 Å². The molecule has 0 aliphatic heterocycles. The predicted molar refractivity (Wildman–Crippen MR) is 69.8 cm³/mol. The highest BCUT2D eigenvalue weighted by Gasteiger charge is 2.34. The van der Waals surface area contributed by atoms with Gasteiger partial charge in [0, 0.05) is 6.04 Å². The number of aryl methyl sites for hydroxylation is 1. The summed E-state index contributed by atoms with van der Waals surface area (Å²) in [5.41, 5.74) is 4.57. The molecule has 3 unspecified atom stereocenters. The summed E-state index contributed by atoms with van der Waals surface area (Å²) in [6.07, 6.45) is 2.43. The molecular formula is C15H23N. The Morgan fingerprint density at radius 3 is 2.56 bits per heavy atom. The van der Waals surface area contributed by atoms with Crippen molar-refractivity contribution in [1.29, 1.82) is 0 Å². The fraction of sp³-hybridized carbons (Fsp3) is 0.600. The quantitative estimate of drug-likeness (QED) is 0.815. The summed E-state index contributed by atoms with van der Waals surface area (Å²) >= 11 is 0. The number of hydrogen-bond donors (Lipinski definition) is 1. The molecule has 1 nitrogen and oxygen atoms in total. The normalized spacial score (nSPS) is 28.1. The van der Waals surface area contributed by atoms with E-state index in [1.807, 2.05) is 0 Å². The minimum atomic E-state index is 0.543. The number of rotatable bonds is 3. The maximum atomic E-state index is 3.47. The third kappa shape index (κ3) is 1.78. The standard InChI is InChI=1S/C15H23N/c1-5-6-12-7-8-13-10(2)11(3)15(16-4)14(13)9-12/h7-11,15-16H,5-6H2,1-4H3. The van der Waals surface area contributed by atoms with Gasteiger partial charge in [0.2, 0.25) is 0 Å². The van der Waals surface area contributed by atoms with Gasteiger partial charge in [-0.05, 0) is 42.0 Å². The van der Waals surface area contributed by atoms with Gasteiger partial charge in [-0.15, -0.1) is 0 Å². The van der Waals surface area contributed by atoms with E-state index in [0.29, 0.717) is 17.9 Å². The average Bonchev–Trinajstić information content (AvgIpc) is 2.52. The molecule has 1 aromatic carbocycles. The highest BCUT2D eigenvalue weighted by atomic mass is 14.9. The molecule has 2 rings (SSSR count). The first-order valence-electron chi connectivity index (χ1n) is 6.49. The van der Waals surface area contributed by atoms with Crippen molar-refractivity contribution in [1.82, 2.24) is 5.32 Å². The van der Waals surface area contributed by atoms with Crippen LogP contribution in [0.4, 0.5) is 0 Å². The van der Waals surface area contributed by atoms with Crippen molar-refractivity contribution in [3.8, 4) is 0 Å². The van der Waals surface area contributed by atoms with Crippen molar-refractivity contribution in [3.63, 3.8) is 0 Å². The molecule has 0 saturated carbocycles. The second-order valence-corrected chi connectivity index (χ2v) is 5.13. The van der Waals surface area contributed by atoms with E-state index in [1.165, 1.54) is 24.0 Å². The summed E-state index contributed by atoms with van der Waals surface area (Å²) < 4.78 is 0. The first kappa shape index (κ1) is 11.7. The summed E-state index contributed by atoms with van der Waals surface area (Å²) in [5.74, 6) is 1.39. The van der Waals surface area contributed by atoms with Crippen LogP contribution in [-0.4, -0.2) is 7.05 Å². The van der Waals surface area contributed by atoms with Crippen molar-refractivity contribution in [2.45, 2.75) is 45.6 Å². The molecule has 1 aliphatic carbocycles. The van der Waals surface area contributed by atoms with Crippen molar-refractivity contribution in [2.24, 2.45) is 5.92 Å². The Morgan fingerprint density at radius 2 is 1.94 bits per heavy atom. The van der Waals surface area contributed by atoms with Crippen LogP contribution in [0.5, 0.6) is 0 Å². The van der Waals surface area contributed by atoms with Gasteiger partial charge in [-0.2, -0.15) is 0 Å². The summed E-state index contributed by atoms with van der Waals surface area (Å²) in [5, 5.41) is 3.47. The van der Waals surface area contributed by atoms with Crippen LogP contribution in [0.15, 0.2) is 18.2 Å². The topological polar surface area (TPSA) is 12.0 Å². The van der Waals surface area contributed by atoms with Crippen LogP contribution in [0, 0.1) is 5.92 Å². The third-order valence-electron chi connectivity index (χ3n) is 4.14. The lowest BCUT2D eigenvalue weighted by atomic mass is 9.95. The molecule has 1 aromatic rings. The SMILES string of the molecule is CCCc1ccc2c(c1)C(NC)C(C)C2C. The van der Waals surface area contributed by atoms with Gasteiger partial charge in [0.25, 0.3) is 0 Å². The fourth-order valence-corrected chi connectivity index (χ4v) is 3.03. The van der Waals surface area contributed by atoms with Crippen molar-refractivity contribution in [2.75, 3.05) is 7.05 Å². The van der Waals surface area contributed by atoms with Crippen LogP contribution in [0.25, 0.3) is 0 Å². The first-order valence-corrected chi connectivity index (χ1v) is 6.49. The average molecular weight is 217 g/mol. The molecule has 16 heavy (non-hydrogen) atoms. The molecule has 0 aromatic heterocycles. The van der Waals surface area contributed by atoms with E-state index in [4.69, 9.17) is 0 Å². The zero-order valence-electron chi connectivity index (χ0n) is 10.9. The number of benzene rings is 1. The maximum absolute atomic E-state index is 3.47. The number of nitrogens with one attached hydrogen (secondary N) is 1. The van der Waals surface area contributed by atoms with Gasteiger partial charge in [0.1, 0.15) is 0 Å². The van der Waals surface area contributed by atoms with Gasteiger partial charge in [-0.3, -0.25) is 0 Å². The van der Waals surface area contributed by atoms with Crippen LogP contribution < -0.4 is 5.32 Å². The molecular weight excluding hydrogens is 194 g/mol. The van der Waals surface area contributed by atoms with E-state index in [9.17, 15) is 0 Å². The molecule has 0 saturated heterocycles. The zero-order chi connectivity index (χ0) is 11.7. The lowest BCUT2D eigenvalue weighted by Gasteiger charge is -2.18. The highest BCUT2D eigenvalue weighted by Crippen LogP contribution is 2.44. The van der Waals surface area contributed by atoms with E-state index in [0.717, 1.165) is 0 Å². The monoisotopic (exact) mass is 217 g/mol. The summed E-state index contributed by atoms with van der Waals surface area (Å²) in [6, 6.07) is 7.62. The van der Waals surface area contributed by atoms with E-state index >= 15 is 0 Å². The molecule has 1 aliphatic rings. The Bertz CT molecular complexity index is 370. The zero-order valence-corrected chi connectivity index (χ0v) is 10.9. The molecule has 0 amide bonds. The van der Waals surface area contributed by atoms with E-state index in [1.54, 1.807) is 5.56 Å². The molecule has 1 heteroatoms. The minimum Gasteiger partial charge on any atom is -0.313 e. The Morgan fingerprint density at radius 1 is 1.19 bits per heavy atom. The van der Waals surface area contributed by atoms with Gasteiger partial charge in [-0.1, -0.05) is 45.4 Å². The van der Waals surface area contributed by atoms with Crippen LogP contribution in [-0.2, 0) is 6.42 Å². The predicted octanol–water partition coefficient (Wildman–Crippen LogP) is 3.65. The Balaban J connectivity index is 2.38. The molecule has 0 bridgehead atoms. The lowest BCUT2D eigenvalue weighted by molar-refractivity contribution is 0.402. The Labute approximate surface area is 99.3 Å². The van der Waals surface area contributed by atoms with Crippen molar-refractivity contribution >= 4 is 0 Å². The molecule has 1 N–H and O–H groups in total. The van der Waals surface area contributed by atoms with Crippen molar-refractivity contribution < 1.29 is 0 Å². The van der Waals surface area contributed by atoms with Crippen LogP contribution >= 0.6 is 0 Å². The summed E-state index contributed by atoms with van der Waals surface area (Å²) in [7, 11) is 2.08. The summed E-state index contributed by atoms with van der Waals surface area (Å²) in [4.78, 5) is 0. The second-order valence-electron chi connectivity index (χ2n) is 5.13. The Kier molecular flexibility index (Phi) is 3.34. The molecule has 0 fully saturated rings. The second kappa shape index (κ2) is 4.58. The van der Waals surface area contributed by atoms with Gasteiger partial charge in [0.15, 0.2) is 0 Å². The first-order chi connectivity index (χ1) is 7.69. The number of hydrogen-bond acceptors (Lipinski definition) is 1. The molecule has 88 valence electrons. The smallest absolute Gasteiger partial charge is 0.0352 e. The van der Waals surface area contributed by atoms with Gasteiger partial charge in [-0.25, -0.2) is 0 Å². The van der Waals surface area contributed by atoms with Crippen molar-refractivity contribution in [3.05, 3.63) is 34.9 Å². The van der Waals surface area contributed by atoms with Crippen LogP contribution in [0.1, 0.15) is 55.8 Å². The maximum Gasteiger partial charge on any atom is 0.0352 e. The molecule has 3 atom stereocenters. The molecule has 0 radical (unpaired) electrons. The van der Waals surface area contributed by atoms with Gasteiger partial charge >= 0.3 is 0 Å². The fourth-order valence-electron chi connectivity index (χ4n) is 3.03. The lowest BCUT2D eigenvalue weighted by Crippen LogP contribution is -2.20. The number of fused-ring (bicyclic) bond motifs is 1. The van der Waals surface area contributed by atoms with Gasteiger partial charge in [0.05, 0.1) is 0 Å². The molecule has 0 spiro atoms. The third-order valence-corrected chi connectivity index (χ3v) is 4.14. The summed E-state index contributed by atoms with van der Waals surface area (Å²) in [6.45, 7) is 6.94. The highest BCUT2D eigenvalue weighted by molar-refractivity contribution is 5.41. The van der Waals surface area contributed by atoms with Crippen LogP contribution in [0.3, 0.4) is 0 Å². The molecule has 0 heterocycles. The Hall–Kier alpha value is -0.820. The largest absolute Gasteiger partial charge is 0.313 e. The van der Waals surface area contributed by atoms with Crippen LogP contribution in [0.2, 0.25) is 0 Å². The van der Waals surface area contributed by atoms with E-state index in [2.05, 4.69) is 51.3 Å². The van der Waals surface area contributed by atoms with Gasteiger partial charge < -0.3 is 5.32 Å². The van der Waals surface area contributed by atoms with E-state index < -0.39 is 0 Å². The minimum absolute atomic E-state index is 0.543.